The zero-order valence-electron chi connectivity index (χ0n) is 15.6. The Morgan fingerprint density at radius 1 is 1.19 bits per heavy atom. The van der Waals surface area contributed by atoms with E-state index in [1.165, 1.54) is 0 Å². The average molecular weight is 354 g/mol. The summed E-state index contributed by atoms with van der Waals surface area (Å²) in [7, 11) is 1.61. The van der Waals surface area contributed by atoms with E-state index in [4.69, 9.17) is 0 Å². The van der Waals surface area contributed by atoms with Crippen LogP contribution in [0.25, 0.3) is 5.69 Å². The maximum absolute atomic E-state index is 13.1. The summed E-state index contributed by atoms with van der Waals surface area (Å²) in [6, 6.07) is 11.3. The van der Waals surface area contributed by atoms with Gasteiger partial charge in [-0.05, 0) is 43.4 Å². The van der Waals surface area contributed by atoms with Crippen LogP contribution in [0, 0.1) is 0 Å². The molecule has 1 aliphatic heterocycles. The van der Waals surface area contributed by atoms with Crippen LogP contribution in [0.5, 0.6) is 0 Å². The van der Waals surface area contributed by atoms with Gasteiger partial charge in [0.1, 0.15) is 6.04 Å². The number of likely N-dealkylation sites (N-methyl/N-ethyl adjacent to an activating group) is 1. The molecule has 0 aliphatic carbocycles. The highest BCUT2D eigenvalue weighted by atomic mass is 16.2. The van der Waals surface area contributed by atoms with Crippen molar-refractivity contribution in [3.63, 3.8) is 0 Å². The van der Waals surface area contributed by atoms with E-state index >= 15 is 0 Å². The Hall–Kier alpha value is -2.63. The van der Waals surface area contributed by atoms with Gasteiger partial charge < -0.3 is 10.2 Å². The Kier molecular flexibility index (Phi) is 5.40. The highest BCUT2D eigenvalue weighted by molar-refractivity contribution is 5.96. The lowest BCUT2D eigenvalue weighted by atomic mass is 10.0. The highest BCUT2D eigenvalue weighted by Crippen LogP contribution is 2.24. The molecule has 1 fully saturated rings. The largest absolute Gasteiger partial charge is 0.357 e. The van der Waals surface area contributed by atoms with Gasteiger partial charge in [0.2, 0.25) is 5.91 Å². The first-order valence-electron chi connectivity index (χ1n) is 9.21. The first-order chi connectivity index (χ1) is 12.5. The molecule has 1 aliphatic rings. The number of nitrogens with one attached hydrogen (secondary N) is 1. The molecule has 1 unspecified atom stereocenters. The third-order valence-corrected chi connectivity index (χ3v) is 4.86. The molecule has 6 heteroatoms. The number of hydrogen-bond acceptors (Lipinski definition) is 3. The van der Waals surface area contributed by atoms with Gasteiger partial charge in [-0.1, -0.05) is 32.0 Å². The minimum Gasteiger partial charge on any atom is -0.357 e. The van der Waals surface area contributed by atoms with Gasteiger partial charge in [-0.2, -0.15) is 5.10 Å². The molecule has 2 heterocycles. The highest BCUT2D eigenvalue weighted by Gasteiger charge is 2.33. The molecule has 26 heavy (non-hydrogen) atoms. The number of piperidine rings is 1. The van der Waals surface area contributed by atoms with Gasteiger partial charge in [0, 0.05) is 19.3 Å². The molecule has 1 N–H and O–H groups in total. The number of benzene rings is 1. The third kappa shape index (κ3) is 3.49. The second-order valence-electron chi connectivity index (χ2n) is 6.98. The molecule has 1 atom stereocenters. The zero-order chi connectivity index (χ0) is 18.7. The molecule has 1 aromatic heterocycles. The van der Waals surface area contributed by atoms with E-state index in [2.05, 4.69) is 24.3 Å². The minimum atomic E-state index is -0.411. The third-order valence-electron chi connectivity index (χ3n) is 4.86. The fourth-order valence-corrected chi connectivity index (χ4v) is 3.45. The second kappa shape index (κ2) is 7.72. The summed E-state index contributed by atoms with van der Waals surface area (Å²) in [5.41, 5.74) is 2.30. The van der Waals surface area contributed by atoms with Crippen LogP contribution in [0.3, 0.4) is 0 Å². The minimum absolute atomic E-state index is 0.107. The summed E-state index contributed by atoms with van der Waals surface area (Å²) in [4.78, 5) is 27.0. The summed E-state index contributed by atoms with van der Waals surface area (Å²) >= 11 is 0. The summed E-state index contributed by atoms with van der Waals surface area (Å²) in [6.07, 6.45) is 2.56. The van der Waals surface area contributed by atoms with Crippen molar-refractivity contribution < 1.29 is 9.59 Å². The number of nitrogens with zero attached hydrogens (tertiary/aromatic N) is 3. The molecular formula is C20H26N4O2. The van der Waals surface area contributed by atoms with Gasteiger partial charge in [0.25, 0.3) is 5.91 Å². The Balaban J connectivity index is 1.96. The Bertz CT molecular complexity index is 782. The van der Waals surface area contributed by atoms with E-state index in [1.54, 1.807) is 11.9 Å². The Morgan fingerprint density at radius 3 is 2.58 bits per heavy atom. The second-order valence-corrected chi connectivity index (χ2v) is 6.98. The predicted molar refractivity (Wildman–Crippen MR) is 100 cm³/mol. The van der Waals surface area contributed by atoms with Gasteiger partial charge >= 0.3 is 0 Å². The molecule has 1 aromatic carbocycles. The van der Waals surface area contributed by atoms with E-state index in [0.29, 0.717) is 18.7 Å². The fourth-order valence-electron chi connectivity index (χ4n) is 3.45. The van der Waals surface area contributed by atoms with Crippen LogP contribution in [0.2, 0.25) is 0 Å². The van der Waals surface area contributed by atoms with Gasteiger partial charge in [-0.25, -0.2) is 4.68 Å². The maximum atomic E-state index is 13.1. The van der Waals surface area contributed by atoms with Crippen molar-refractivity contribution in [3.05, 3.63) is 47.8 Å². The van der Waals surface area contributed by atoms with Crippen molar-refractivity contribution in [2.75, 3.05) is 13.6 Å². The monoisotopic (exact) mass is 354 g/mol. The molecule has 2 aromatic rings. The first-order valence-corrected chi connectivity index (χ1v) is 9.21. The van der Waals surface area contributed by atoms with Crippen LogP contribution in [0.4, 0.5) is 0 Å². The summed E-state index contributed by atoms with van der Waals surface area (Å²) in [5, 5.41) is 7.26. The molecule has 3 rings (SSSR count). The van der Waals surface area contributed by atoms with E-state index in [1.807, 2.05) is 41.1 Å². The lowest BCUT2D eigenvalue weighted by Gasteiger charge is -2.33. The fraction of sp³-hybridized carbons (Fsp3) is 0.450. The molecule has 6 nitrogen and oxygen atoms in total. The maximum Gasteiger partial charge on any atom is 0.275 e. The Labute approximate surface area is 154 Å². The van der Waals surface area contributed by atoms with Gasteiger partial charge in [0.05, 0.1) is 5.69 Å². The van der Waals surface area contributed by atoms with Crippen LogP contribution in [-0.4, -0.2) is 46.1 Å². The van der Waals surface area contributed by atoms with E-state index in [0.717, 1.165) is 24.2 Å². The number of rotatable bonds is 4. The van der Waals surface area contributed by atoms with Crippen LogP contribution in [-0.2, 0) is 4.79 Å². The SMILES string of the molecule is CNC(=O)C1CCCCN1C(=O)c1cc(C(C)C)n(-c2ccccc2)n1. The number of aromatic nitrogens is 2. The van der Waals surface area contributed by atoms with Gasteiger partial charge in [0.15, 0.2) is 5.69 Å². The molecule has 0 radical (unpaired) electrons. The number of likely N-dealkylation sites (tertiary alicyclic amines) is 1. The van der Waals surface area contributed by atoms with Crippen LogP contribution in [0.15, 0.2) is 36.4 Å². The Morgan fingerprint density at radius 2 is 1.92 bits per heavy atom. The van der Waals surface area contributed by atoms with E-state index < -0.39 is 6.04 Å². The van der Waals surface area contributed by atoms with Gasteiger partial charge in [-0.3, -0.25) is 9.59 Å². The molecule has 2 amide bonds. The topological polar surface area (TPSA) is 67.2 Å². The normalized spacial score (nSPS) is 17.4. The average Bonchev–Trinajstić information content (AvgIpc) is 3.13. The quantitative estimate of drug-likeness (QED) is 0.918. The first kappa shape index (κ1) is 18.2. The van der Waals surface area contributed by atoms with Crippen LogP contribution >= 0.6 is 0 Å². The van der Waals surface area contributed by atoms with Crippen molar-refractivity contribution in [2.45, 2.75) is 45.1 Å². The number of para-hydroxylation sites is 1. The molecule has 0 saturated carbocycles. The summed E-state index contributed by atoms with van der Waals surface area (Å²) in [6.45, 7) is 4.75. The molecular weight excluding hydrogens is 328 g/mol. The predicted octanol–water partition coefficient (Wildman–Crippen LogP) is 2.74. The standard InChI is InChI=1S/C20H26N4O2/c1-14(2)18-13-16(22-24(18)15-9-5-4-6-10-15)20(26)23-12-8-7-11-17(23)19(25)21-3/h4-6,9-10,13-14,17H,7-8,11-12H2,1-3H3,(H,21,25). The molecule has 0 bridgehead atoms. The van der Waals surface area contributed by atoms with Crippen molar-refractivity contribution in [1.29, 1.82) is 0 Å². The van der Waals surface area contributed by atoms with E-state index in [9.17, 15) is 9.59 Å². The smallest absolute Gasteiger partial charge is 0.275 e. The van der Waals surface area contributed by atoms with Crippen molar-refractivity contribution in [2.24, 2.45) is 0 Å². The van der Waals surface area contributed by atoms with Crippen molar-refractivity contribution in [3.8, 4) is 5.69 Å². The molecule has 138 valence electrons. The number of hydrogen-bond donors (Lipinski definition) is 1. The number of carbonyl (C=O) groups excluding carboxylic acids is 2. The van der Waals surface area contributed by atoms with E-state index in [-0.39, 0.29) is 17.7 Å². The lowest BCUT2D eigenvalue weighted by Crippen LogP contribution is -2.51. The molecule has 0 spiro atoms. The van der Waals surface area contributed by atoms with Crippen LogP contribution < -0.4 is 5.32 Å². The lowest BCUT2D eigenvalue weighted by molar-refractivity contribution is -0.126. The summed E-state index contributed by atoms with van der Waals surface area (Å²) in [5.74, 6) is -0.0557. The zero-order valence-corrected chi connectivity index (χ0v) is 15.6. The van der Waals surface area contributed by atoms with Crippen molar-refractivity contribution in [1.82, 2.24) is 20.0 Å². The van der Waals surface area contributed by atoms with Crippen LogP contribution in [0.1, 0.15) is 55.2 Å². The number of amides is 2. The molecule has 1 saturated heterocycles. The van der Waals surface area contributed by atoms with Crippen molar-refractivity contribution >= 4 is 11.8 Å². The summed E-state index contributed by atoms with van der Waals surface area (Å²) < 4.78 is 1.83. The van der Waals surface area contributed by atoms with Gasteiger partial charge in [-0.15, -0.1) is 0 Å². The number of carbonyl (C=O) groups is 2.